The summed E-state index contributed by atoms with van der Waals surface area (Å²) in [6.07, 6.45) is 2.44. The first-order valence-corrected chi connectivity index (χ1v) is 8.51. The van der Waals surface area contributed by atoms with Gasteiger partial charge in [0.1, 0.15) is 18.0 Å². The molecule has 1 amide bonds. The van der Waals surface area contributed by atoms with Gasteiger partial charge < -0.3 is 25.5 Å². The first kappa shape index (κ1) is 21.1. The topological polar surface area (TPSA) is 106 Å². The molecule has 27 heavy (non-hydrogen) atoms. The van der Waals surface area contributed by atoms with Gasteiger partial charge in [0.05, 0.1) is 13.2 Å². The molecule has 1 aromatic heterocycles. The molecule has 0 spiro atoms. The molecule has 1 unspecified atom stereocenters. The number of nitrogens with one attached hydrogen (secondary N) is 2. The Balaban J connectivity index is 0.00000261. The molecule has 1 saturated heterocycles. The molecule has 3 atom stereocenters. The highest BCUT2D eigenvalue weighted by atomic mass is 35.5. The minimum absolute atomic E-state index is 0. The van der Waals surface area contributed by atoms with Gasteiger partial charge in [-0.25, -0.2) is 9.18 Å². The van der Waals surface area contributed by atoms with Crippen LogP contribution in [0.15, 0.2) is 24.4 Å². The fraction of sp³-hybridized carbons (Fsp3) is 0.444. The van der Waals surface area contributed by atoms with Crippen molar-refractivity contribution in [3.05, 3.63) is 35.8 Å². The van der Waals surface area contributed by atoms with E-state index in [1.807, 2.05) is 0 Å². The Morgan fingerprint density at radius 3 is 2.89 bits per heavy atom. The molecule has 2 heterocycles. The highest BCUT2D eigenvalue weighted by Gasteiger charge is 2.33. The predicted molar refractivity (Wildman–Crippen MR) is 100 cm³/mol. The van der Waals surface area contributed by atoms with Crippen LogP contribution in [0.5, 0.6) is 0 Å². The van der Waals surface area contributed by atoms with Crippen LogP contribution in [0.3, 0.4) is 0 Å². The summed E-state index contributed by atoms with van der Waals surface area (Å²) in [6.45, 7) is 0.357. The van der Waals surface area contributed by atoms with E-state index in [1.165, 1.54) is 19.2 Å². The maximum atomic E-state index is 13.3. The molecule has 0 aliphatic carbocycles. The zero-order chi connectivity index (χ0) is 18.7. The Hall–Kier alpha value is -2.16. The minimum atomic E-state index is -0.864. The van der Waals surface area contributed by atoms with Crippen molar-refractivity contribution < 1.29 is 23.5 Å². The molecule has 4 N–H and O–H groups in total. The number of carbonyl (C=O) groups is 2. The van der Waals surface area contributed by atoms with Gasteiger partial charge in [-0.05, 0) is 36.6 Å². The maximum Gasteiger partial charge on any atom is 0.328 e. The van der Waals surface area contributed by atoms with E-state index < -0.39 is 18.1 Å². The Labute approximate surface area is 162 Å². The molecule has 3 rings (SSSR count). The van der Waals surface area contributed by atoms with Gasteiger partial charge in [-0.15, -0.1) is 12.4 Å². The Morgan fingerprint density at radius 1 is 1.44 bits per heavy atom. The standard InChI is InChI=1S/C18H22FN3O4.ClH/c1-25-18(24)15(22-17(23)16-5-3-12(8-20)26-16)6-10-9-21-14-7-11(19)2-4-13(10)14;/h2,4,7,9,12,15-16,21H,3,5-6,8,20H2,1H3,(H,22,23);1H/t12-,15?,16+;/m1./s1. The Morgan fingerprint density at radius 2 is 2.22 bits per heavy atom. The van der Waals surface area contributed by atoms with Crippen molar-refractivity contribution in [3.63, 3.8) is 0 Å². The molecule has 2 aromatic rings. The number of carbonyl (C=O) groups excluding carboxylic acids is 2. The molecule has 1 fully saturated rings. The summed E-state index contributed by atoms with van der Waals surface area (Å²) in [5.41, 5.74) is 6.97. The number of fused-ring (bicyclic) bond motifs is 1. The van der Waals surface area contributed by atoms with Crippen LogP contribution in [-0.4, -0.2) is 48.8 Å². The summed E-state index contributed by atoms with van der Waals surface area (Å²) in [6, 6.07) is 3.50. The van der Waals surface area contributed by atoms with E-state index in [0.29, 0.717) is 24.9 Å². The van der Waals surface area contributed by atoms with E-state index in [1.54, 1.807) is 12.3 Å². The number of amides is 1. The number of nitrogens with two attached hydrogens (primary N) is 1. The summed E-state index contributed by atoms with van der Waals surface area (Å²) in [4.78, 5) is 27.5. The van der Waals surface area contributed by atoms with Gasteiger partial charge in [-0.2, -0.15) is 0 Å². The molecule has 7 nitrogen and oxygen atoms in total. The smallest absolute Gasteiger partial charge is 0.328 e. The molecule has 1 aliphatic rings. The highest BCUT2D eigenvalue weighted by Crippen LogP contribution is 2.22. The van der Waals surface area contributed by atoms with Gasteiger partial charge in [0.2, 0.25) is 5.91 Å². The Bertz CT molecular complexity index is 813. The summed E-state index contributed by atoms with van der Waals surface area (Å²) in [5, 5.41) is 3.49. The van der Waals surface area contributed by atoms with Crippen molar-refractivity contribution in [1.29, 1.82) is 0 Å². The average molecular weight is 400 g/mol. The van der Waals surface area contributed by atoms with Crippen LogP contribution in [0.2, 0.25) is 0 Å². The van der Waals surface area contributed by atoms with Gasteiger partial charge >= 0.3 is 5.97 Å². The fourth-order valence-electron chi connectivity index (χ4n) is 3.22. The average Bonchev–Trinajstić information content (AvgIpc) is 3.27. The van der Waals surface area contributed by atoms with E-state index in [-0.39, 0.29) is 36.7 Å². The molecule has 0 saturated carbocycles. The molecule has 1 aromatic carbocycles. The third-order valence-electron chi connectivity index (χ3n) is 4.62. The lowest BCUT2D eigenvalue weighted by atomic mass is 10.0. The summed E-state index contributed by atoms with van der Waals surface area (Å²) in [7, 11) is 1.27. The SMILES string of the molecule is COC(=O)C(Cc1c[nH]c2cc(F)ccc12)NC(=O)[C@@H]1CC[C@H](CN)O1.Cl. The van der Waals surface area contributed by atoms with Gasteiger partial charge in [0.15, 0.2) is 0 Å². The van der Waals surface area contributed by atoms with Gasteiger partial charge in [0.25, 0.3) is 0 Å². The minimum Gasteiger partial charge on any atom is -0.467 e. The summed E-state index contributed by atoms with van der Waals surface area (Å²) >= 11 is 0. The van der Waals surface area contributed by atoms with Crippen molar-refractivity contribution in [1.82, 2.24) is 10.3 Å². The number of ether oxygens (including phenoxy) is 2. The van der Waals surface area contributed by atoms with E-state index >= 15 is 0 Å². The van der Waals surface area contributed by atoms with Crippen molar-refractivity contribution in [3.8, 4) is 0 Å². The predicted octanol–water partition coefficient (Wildman–Crippen LogP) is 1.44. The van der Waals surface area contributed by atoms with Crippen LogP contribution in [0.4, 0.5) is 4.39 Å². The van der Waals surface area contributed by atoms with E-state index in [0.717, 1.165) is 10.9 Å². The molecule has 0 bridgehead atoms. The second kappa shape index (κ2) is 9.16. The molecule has 1 aliphatic heterocycles. The monoisotopic (exact) mass is 399 g/mol. The fourth-order valence-corrected chi connectivity index (χ4v) is 3.22. The third kappa shape index (κ3) is 4.77. The zero-order valence-corrected chi connectivity index (χ0v) is 15.7. The van der Waals surface area contributed by atoms with Crippen LogP contribution >= 0.6 is 12.4 Å². The van der Waals surface area contributed by atoms with Crippen molar-refractivity contribution in [2.45, 2.75) is 37.5 Å². The maximum absolute atomic E-state index is 13.3. The second-order valence-electron chi connectivity index (χ2n) is 6.35. The highest BCUT2D eigenvalue weighted by molar-refractivity contribution is 5.89. The van der Waals surface area contributed by atoms with Gasteiger partial charge in [0, 0.05) is 30.1 Å². The van der Waals surface area contributed by atoms with Crippen LogP contribution in [0.25, 0.3) is 10.9 Å². The molecular formula is C18H23ClFN3O4. The Kier molecular flexibility index (Phi) is 7.18. The van der Waals surface area contributed by atoms with Crippen molar-refractivity contribution >= 4 is 35.2 Å². The van der Waals surface area contributed by atoms with E-state index in [2.05, 4.69) is 10.3 Å². The van der Waals surface area contributed by atoms with Crippen LogP contribution in [0, 0.1) is 5.82 Å². The molecular weight excluding hydrogens is 377 g/mol. The van der Waals surface area contributed by atoms with E-state index in [9.17, 15) is 14.0 Å². The number of H-pyrrole nitrogens is 1. The quantitative estimate of drug-likeness (QED) is 0.637. The van der Waals surface area contributed by atoms with E-state index in [4.69, 9.17) is 15.2 Å². The first-order valence-electron chi connectivity index (χ1n) is 8.51. The normalized spacial score (nSPS) is 20.1. The van der Waals surface area contributed by atoms with Gasteiger partial charge in [-0.3, -0.25) is 4.79 Å². The zero-order valence-electron chi connectivity index (χ0n) is 14.9. The van der Waals surface area contributed by atoms with Crippen LogP contribution in [-0.2, 0) is 25.5 Å². The lowest BCUT2D eigenvalue weighted by Crippen LogP contribution is -2.47. The lowest BCUT2D eigenvalue weighted by molar-refractivity contribution is -0.146. The number of hydrogen-bond donors (Lipinski definition) is 3. The number of hydrogen-bond acceptors (Lipinski definition) is 5. The number of aromatic nitrogens is 1. The number of aromatic amines is 1. The second-order valence-corrected chi connectivity index (χ2v) is 6.35. The van der Waals surface area contributed by atoms with Crippen molar-refractivity contribution in [2.24, 2.45) is 5.73 Å². The lowest BCUT2D eigenvalue weighted by Gasteiger charge is -2.19. The van der Waals surface area contributed by atoms with Crippen molar-refractivity contribution in [2.75, 3.05) is 13.7 Å². The van der Waals surface area contributed by atoms with Gasteiger partial charge in [-0.1, -0.05) is 0 Å². The number of esters is 1. The third-order valence-corrected chi connectivity index (χ3v) is 4.62. The van der Waals surface area contributed by atoms with Crippen LogP contribution in [0.1, 0.15) is 18.4 Å². The number of halogens is 2. The van der Waals surface area contributed by atoms with Crippen LogP contribution < -0.4 is 11.1 Å². The number of benzene rings is 1. The molecule has 148 valence electrons. The molecule has 0 radical (unpaired) electrons. The number of methoxy groups -OCH3 is 1. The number of rotatable bonds is 6. The summed E-state index contributed by atoms with van der Waals surface area (Å²) < 4.78 is 23.7. The largest absolute Gasteiger partial charge is 0.467 e. The molecule has 9 heteroatoms. The first-order chi connectivity index (χ1) is 12.5. The summed E-state index contributed by atoms with van der Waals surface area (Å²) in [5.74, 6) is -1.26.